The Bertz CT molecular complexity index is 538. The van der Waals surface area contributed by atoms with Crippen LogP contribution in [0.5, 0.6) is 5.75 Å². The fraction of sp³-hybridized carbons (Fsp3) is 0.273. The van der Waals surface area contributed by atoms with Crippen molar-refractivity contribution in [3.05, 3.63) is 23.2 Å². The van der Waals surface area contributed by atoms with Crippen molar-refractivity contribution < 1.29 is 4.74 Å². The van der Waals surface area contributed by atoms with E-state index in [0.29, 0.717) is 16.7 Å². The molecule has 5 nitrogen and oxygen atoms in total. The molecule has 1 aromatic heterocycles. The highest BCUT2D eigenvalue weighted by atomic mass is 35.5. The Labute approximate surface area is 104 Å². The summed E-state index contributed by atoms with van der Waals surface area (Å²) in [6.45, 7) is 0. The van der Waals surface area contributed by atoms with Crippen molar-refractivity contribution in [2.24, 2.45) is 7.05 Å². The zero-order chi connectivity index (χ0) is 12.4. The summed E-state index contributed by atoms with van der Waals surface area (Å²) in [5.74, 6) is 2.09. The molecule has 1 heterocycles. The second-order valence-corrected chi connectivity index (χ2v) is 3.94. The van der Waals surface area contributed by atoms with Crippen LogP contribution in [0.15, 0.2) is 18.2 Å². The van der Waals surface area contributed by atoms with Gasteiger partial charge in [-0.2, -0.15) is 0 Å². The highest BCUT2D eigenvalue weighted by molar-refractivity contribution is 6.30. The zero-order valence-electron chi connectivity index (χ0n) is 9.86. The molecule has 0 aliphatic heterocycles. The van der Waals surface area contributed by atoms with Gasteiger partial charge in [0, 0.05) is 19.1 Å². The van der Waals surface area contributed by atoms with Crippen molar-refractivity contribution in [3.8, 4) is 17.1 Å². The number of anilines is 1. The molecule has 1 aromatic carbocycles. The highest BCUT2D eigenvalue weighted by Crippen LogP contribution is 2.31. The van der Waals surface area contributed by atoms with Crippen LogP contribution in [0.4, 0.5) is 5.95 Å². The maximum Gasteiger partial charge on any atom is 0.224 e. The molecule has 0 aliphatic carbocycles. The van der Waals surface area contributed by atoms with E-state index in [1.165, 1.54) is 0 Å². The summed E-state index contributed by atoms with van der Waals surface area (Å²) in [4.78, 5) is 0. The summed E-state index contributed by atoms with van der Waals surface area (Å²) in [6, 6.07) is 5.42. The van der Waals surface area contributed by atoms with Crippen molar-refractivity contribution in [3.63, 3.8) is 0 Å². The second-order valence-electron chi connectivity index (χ2n) is 3.50. The van der Waals surface area contributed by atoms with Gasteiger partial charge in [0.2, 0.25) is 5.95 Å². The van der Waals surface area contributed by atoms with Crippen molar-refractivity contribution >= 4 is 17.5 Å². The molecule has 0 aliphatic rings. The number of aromatic nitrogens is 3. The van der Waals surface area contributed by atoms with Gasteiger partial charge in [-0.25, -0.2) is 0 Å². The Kier molecular flexibility index (Phi) is 3.19. The number of benzene rings is 1. The van der Waals surface area contributed by atoms with Crippen molar-refractivity contribution in [2.75, 3.05) is 19.5 Å². The van der Waals surface area contributed by atoms with Gasteiger partial charge in [0.25, 0.3) is 0 Å². The Morgan fingerprint density at radius 1 is 1.35 bits per heavy atom. The quantitative estimate of drug-likeness (QED) is 0.910. The summed E-state index contributed by atoms with van der Waals surface area (Å²) < 4.78 is 7.15. The summed E-state index contributed by atoms with van der Waals surface area (Å²) in [5.41, 5.74) is 0.855. The van der Waals surface area contributed by atoms with E-state index in [9.17, 15) is 0 Å². The maximum absolute atomic E-state index is 5.92. The molecule has 2 aromatic rings. The van der Waals surface area contributed by atoms with Crippen LogP contribution in [0, 0.1) is 0 Å². The molecule has 0 saturated heterocycles. The van der Waals surface area contributed by atoms with Gasteiger partial charge in [0.05, 0.1) is 12.7 Å². The highest BCUT2D eigenvalue weighted by Gasteiger charge is 2.14. The Hall–Kier alpha value is -1.75. The van der Waals surface area contributed by atoms with Gasteiger partial charge in [-0.1, -0.05) is 11.6 Å². The lowest BCUT2D eigenvalue weighted by Gasteiger charge is -2.08. The minimum absolute atomic E-state index is 0.626. The largest absolute Gasteiger partial charge is 0.496 e. The van der Waals surface area contributed by atoms with E-state index in [0.717, 1.165) is 11.4 Å². The van der Waals surface area contributed by atoms with Gasteiger partial charge in [-0.15, -0.1) is 10.2 Å². The van der Waals surface area contributed by atoms with Gasteiger partial charge in [-0.3, -0.25) is 4.57 Å². The van der Waals surface area contributed by atoms with E-state index in [4.69, 9.17) is 16.3 Å². The first-order valence-corrected chi connectivity index (χ1v) is 5.46. The predicted octanol–water partition coefficient (Wildman–Crippen LogP) is 2.19. The lowest BCUT2D eigenvalue weighted by atomic mass is 10.2. The molecule has 6 heteroatoms. The molecule has 0 saturated carbocycles. The van der Waals surface area contributed by atoms with Crippen LogP contribution in [0.2, 0.25) is 5.02 Å². The van der Waals surface area contributed by atoms with Gasteiger partial charge in [-0.05, 0) is 18.2 Å². The van der Waals surface area contributed by atoms with E-state index in [-0.39, 0.29) is 0 Å². The molecular formula is C11H13ClN4O. The Balaban J connectivity index is 2.56. The molecule has 0 fully saturated rings. The van der Waals surface area contributed by atoms with Gasteiger partial charge in [0.1, 0.15) is 5.75 Å². The van der Waals surface area contributed by atoms with E-state index in [1.54, 1.807) is 26.3 Å². The summed E-state index contributed by atoms with van der Waals surface area (Å²) in [5, 5.41) is 11.7. The van der Waals surface area contributed by atoms with Crippen molar-refractivity contribution in [2.45, 2.75) is 0 Å². The van der Waals surface area contributed by atoms with Crippen molar-refractivity contribution in [1.82, 2.24) is 14.8 Å². The van der Waals surface area contributed by atoms with Gasteiger partial charge < -0.3 is 10.1 Å². The average molecular weight is 253 g/mol. The molecular weight excluding hydrogens is 240 g/mol. The number of hydrogen-bond donors (Lipinski definition) is 1. The lowest BCUT2D eigenvalue weighted by molar-refractivity contribution is 0.416. The molecule has 17 heavy (non-hydrogen) atoms. The number of methoxy groups -OCH3 is 1. The van der Waals surface area contributed by atoms with Crippen molar-refractivity contribution in [1.29, 1.82) is 0 Å². The zero-order valence-corrected chi connectivity index (χ0v) is 10.6. The van der Waals surface area contributed by atoms with Crippen LogP contribution < -0.4 is 10.1 Å². The minimum Gasteiger partial charge on any atom is -0.496 e. The van der Waals surface area contributed by atoms with Crippen LogP contribution >= 0.6 is 11.6 Å². The number of nitrogens with zero attached hydrogens (tertiary/aromatic N) is 3. The third-order valence-corrected chi connectivity index (χ3v) is 2.74. The molecule has 0 atom stereocenters. The normalized spacial score (nSPS) is 10.4. The third kappa shape index (κ3) is 2.06. The molecule has 1 N–H and O–H groups in total. The first kappa shape index (κ1) is 11.7. The topological polar surface area (TPSA) is 52.0 Å². The van der Waals surface area contributed by atoms with Crippen LogP contribution in [0.25, 0.3) is 11.4 Å². The van der Waals surface area contributed by atoms with E-state index in [1.807, 2.05) is 17.7 Å². The monoisotopic (exact) mass is 252 g/mol. The van der Waals surface area contributed by atoms with E-state index < -0.39 is 0 Å². The Morgan fingerprint density at radius 3 is 2.71 bits per heavy atom. The molecule has 2 rings (SSSR count). The smallest absolute Gasteiger partial charge is 0.224 e. The summed E-state index contributed by atoms with van der Waals surface area (Å²) in [6.07, 6.45) is 0. The maximum atomic E-state index is 5.92. The van der Waals surface area contributed by atoms with Gasteiger partial charge in [0.15, 0.2) is 5.82 Å². The fourth-order valence-electron chi connectivity index (χ4n) is 1.63. The first-order valence-electron chi connectivity index (χ1n) is 5.08. The lowest BCUT2D eigenvalue weighted by Crippen LogP contribution is -2.00. The number of nitrogens with one attached hydrogen (secondary N) is 1. The fourth-order valence-corrected chi connectivity index (χ4v) is 1.79. The van der Waals surface area contributed by atoms with Crippen LogP contribution in [-0.2, 0) is 7.05 Å². The number of ether oxygens (including phenoxy) is 1. The van der Waals surface area contributed by atoms with E-state index in [2.05, 4.69) is 15.5 Å². The average Bonchev–Trinajstić information content (AvgIpc) is 2.70. The van der Waals surface area contributed by atoms with Crippen LogP contribution in [0.1, 0.15) is 0 Å². The number of halogens is 1. The standard InChI is InChI=1S/C11H13ClN4O/c1-13-11-15-14-10(16(11)2)8-5-4-7(12)6-9(8)17-3/h4-6H,1-3H3,(H,13,15). The van der Waals surface area contributed by atoms with Gasteiger partial charge >= 0.3 is 0 Å². The molecule has 0 spiro atoms. The first-order chi connectivity index (χ1) is 8.17. The molecule has 0 bridgehead atoms. The molecule has 0 amide bonds. The summed E-state index contributed by atoms with van der Waals surface area (Å²) >= 11 is 5.92. The Morgan fingerprint density at radius 2 is 2.12 bits per heavy atom. The molecule has 90 valence electrons. The third-order valence-electron chi connectivity index (χ3n) is 2.50. The van der Waals surface area contributed by atoms with Crippen LogP contribution in [-0.4, -0.2) is 28.9 Å². The number of hydrogen-bond acceptors (Lipinski definition) is 4. The SMILES string of the molecule is CNc1nnc(-c2ccc(Cl)cc2OC)n1C. The molecule has 0 unspecified atom stereocenters. The minimum atomic E-state index is 0.626. The van der Waals surface area contributed by atoms with E-state index >= 15 is 0 Å². The number of rotatable bonds is 3. The predicted molar refractivity (Wildman–Crippen MR) is 67.5 cm³/mol. The second kappa shape index (κ2) is 4.63. The summed E-state index contributed by atoms with van der Waals surface area (Å²) in [7, 11) is 5.28. The molecule has 0 radical (unpaired) electrons. The van der Waals surface area contributed by atoms with Crippen LogP contribution in [0.3, 0.4) is 0 Å².